The number of carbonyl (C=O) groups excluding carboxylic acids is 1. The molecule has 2 fully saturated rings. The first-order valence-electron chi connectivity index (χ1n) is 23.0. The van der Waals surface area contributed by atoms with E-state index in [0.717, 1.165) is 89.4 Å². The minimum absolute atomic E-state index is 0.109. The summed E-state index contributed by atoms with van der Waals surface area (Å²) in [5.74, 6) is 6.50. The molecule has 0 amide bonds. The predicted octanol–water partition coefficient (Wildman–Crippen LogP) is 10.2. The topological polar surface area (TPSA) is 165 Å². The van der Waals surface area contributed by atoms with Crippen molar-refractivity contribution in [3.63, 3.8) is 0 Å². The number of pyridine rings is 3. The van der Waals surface area contributed by atoms with E-state index < -0.39 is 11.4 Å². The van der Waals surface area contributed by atoms with Crippen molar-refractivity contribution in [1.29, 1.82) is 0 Å². The Bertz CT molecular complexity index is 3050. The van der Waals surface area contributed by atoms with Crippen molar-refractivity contribution in [3.8, 4) is 45.3 Å². The van der Waals surface area contributed by atoms with Gasteiger partial charge in [0, 0.05) is 66.7 Å². The van der Waals surface area contributed by atoms with E-state index in [4.69, 9.17) is 14.2 Å². The van der Waals surface area contributed by atoms with Crippen LogP contribution in [0, 0.1) is 25.7 Å². The lowest BCUT2D eigenvalue weighted by molar-refractivity contribution is 0.0694. The first kappa shape index (κ1) is 48.7. The molecule has 0 unspecified atom stereocenters. The molecule has 0 saturated carbocycles. The summed E-state index contributed by atoms with van der Waals surface area (Å²) in [6.45, 7) is 5.52. The summed E-state index contributed by atoms with van der Waals surface area (Å²) in [6.07, 6.45) is 16.0. The van der Waals surface area contributed by atoms with Gasteiger partial charge in [0.1, 0.15) is 17.1 Å². The van der Waals surface area contributed by atoms with E-state index in [2.05, 4.69) is 15.0 Å². The van der Waals surface area contributed by atoms with E-state index in [1.807, 2.05) is 101 Å². The van der Waals surface area contributed by atoms with E-state index >= 15 is 0 Å². The second kappa shape index (κ2) is 22.6. The molecule has 4 aromatic heterocycles. The summed E-state index contributed by atoms with van der Waals surface area (Å²) in [6, 6.07) is 20.8. The van der Waals surface area contributed by atoms with Gasteiger partial charge in [0.15, 0.2) is 28.5 Å². The minimum atomic E-state index is -1.16. The fraction of sp³-hybridized carbons (Fsp3) is 0.315. The third-order valence-electron chi connectivity index (χ3n) is 12.5. The van der Waals surface area contributed by atoms with Crippen molar-refractivity contribution >= 4 is 46.2 Å². The zero-order chi connectivity index (χ0) is 48.4. The molecule has 0 bridgehead atoms. The van der Waals surface area contributed by atoms with E-state index in [9.17, 15) is 24.3 Å². The standard InChI is InChI=1S/C35H34N4O5S.C19H21NO3S/c1-22-4-6-24(7-5-22)27-20-39(19-23-9-12-45-13-10-23)21-28(35(27)41)30(40)16-34-37-17-25(18-38-34)44-31-8-11-36-29-15-33(43-3)32(42-2)14-26(29)31;1-13-2-4-15(5-3-13)16-11-20(10-14-6-8-24-9-7-14)12-17(18(16)21)19(22)23/h4-8,11,14-15,17-18,20-21,23H,9-10,12-13,16,19H2,1-3H3;2-5,11-12,14H,6-10H2,1H3,(H,22,23). The fourth-order valence-electron chi connectivity index (χ4n) is 8.55. The number of aromatic nitrogens is 5. The molecule has 1 N–H and O–H groups in total. The normalized spacial score (nSPS) is 14.1. The van der Waals surface area contributed by atoms with Gasteiger partial charge in [0.25, 0.3) is 0 Å². The summed E-state index contributed by atoms with van der Waals surface area (Å²) < 4.78 is 20.8. The Morgan fingerprint density at radius 3 is 1.65 bits per heavy atom. The zero-order valence-corrected chi connectivity index (χ0v) is 40.8. The van der Waals surface area contributed by atoms with E-state index in [0.29, 0.717) is 57.3 Å². The summed E-state index contributed by atoms with van der Waals surface area (Å²) >= 11 is 3.95. The third-order valence-corrected chi connectivity index (χ3v) is 14.6. The molecule has 7 aromatic rings. The van der Waals surface area contributed by atoms with Gasteiger partial charge < -0.3 is 28.5 Å². The van der Waals surface area contributed by atoms with Crippen molar-refractivity contribution in [2.75, 3.05) is 37.2 Å². The van der Waals surface area contributed by atoms with Gasteiger partial charge >= 0.3 is 5.97 Å². The number of aromatic carboxylic acids is 1. The van der Waals surface area contributed by atoms with Gasteiger partial charge in [-0.1, -0.05) is 59.7 Å². The SMILES string of the molecule is COc1cc2nccc(Oc3cnc(CC(=O)c4cn(CC5CCSCC5)cc(-c5ccc(C)cc5)c4=O)nc3)c2cc1OC.Cc1ccc(-c2cn(CC3CCSCC3)cc(C(=O)O)c2=O)cc1. The number of methoxy groups -OCH3 is 2. The van der Waals surface area contributed by atoms with Crippen LogP contribution < -0.4 is 25.1 Å². The Balaban J connectivity index is 0.000000225. The van der Waals surface area contributed by atoms with Crippen LogP contribution in [0.15, 0.2) is 120 Å². The van der Waals surface area contributed by atoms with E-state index in [1.165, 1.54) is 18.6 Å². The van der Waals surface area contributed by atoms with Crippen LogP contribution in [0.25, 0.3) is 33.2 Å². The first-order valence-corrected chi connectivity index (χ1v) is 25.3. The highest BCUT2D eigenvalue weighted by atomic mass is 32.2. The van der Waals surface area contributed by atoms with E-state index in [1.54, 1.807) is 51.0 Å². The Kier molecular flexibility index (Phi) is 16.0. The number of rotatable bonds is 14. The second-order valence-corrected chi connectivity index (χ2v) is 19.9. The molecule has 0 atom stereocenters. The van der Waals surface area contributed by atoms with Crippen LogP contribution in [0.1, 0.15) is 63.4 Å². The van der Waals surface area contributed by atoms with Crippen LogP contribution in [0.4, 0.5) is 0 Å². The molecule has 0 spiro atoms. The summed E-state index contributed by atoms with van der Waals surface area (Å²) in [7, 11) is 3.14. The molecule has 6 heterocycles. The molecular weight excluding hydrogens is 911 g/mol. The summed E-state index contributed by atoms with van der Waals surface area (Å²) in [5.41, 5.74) is 4.72. The molecule has 2 aliphatic heterocycles. The number of carboxylic acids is 1. The van der Waals surface area contributed by atoms with Crippen molar-refractivity contribution in [1.82, 2.24) is 24.1 Å². The van der Waals surface area contributed by atoms with Crippen molar-refractivity contribution < 1.29 is 28.9 Å². The smallest absolute Gasteiger partial charge is 0.341 e. The number of nitrogens with zero attached hydrogens (tertiary/aromatic N) is 5. The lowest BCUT2D eigenvalue weighted by Crippen LogP contribution is -2.24. The van der Waals surface area contributed by atoms with Crippen LogP contribution in [0.3, 0.4) is 0 Å². The molecule has 356 valence electrons. The van der Waals surface area contributed by atoms with Gasteiger partial charge in [0.2, 0.25) is 5.43 Å². The quantitative estimate of drug-likeness (QED) is 0.103. The number of hydrogen-bond donors (Lipinski definition) is 1. The van der Waals surface area contributed by atoms with Crippen molar-refractivity contribution in [2.24, 2.45) is 11.8 Å². The number of ether oxygens (including phenoxy) is 3. The van der Waals surface area contributed by atoms with Gasteiger partial charge in [-0.2, -0.15) is 23.5 Å². The monoisotopic (exact) mass is 965 g/mol. The Labute approximate surface area is 409 Å². The van der Waals surface area contributed by atoms with Gasteiger partial charge in [-0.15, -0.1) is 0 Å². The van der Waals surface area contributed by atoms with Crippen LogP contribution in [0.5, 0.6) is 23.0 Å². The number of thioether (sulfide) groups is 2. The molecule has 13 nitrogen and oxygen atoms in total. The van der Waals surface area contributed by atoms with Crippen LogP contribution >= 0.6 is 23.5 Å². The summed E-state index contributed by atoms with van der Waals surface area (Å²) in [4.78, 5) is 64.5. The maximum atomic E-state index is 13.7. The zero-order valence-electron chi connectivity index (χ0n) is 39.2. The number of fused-ring (bicyclic) bond motifs is 1. The first-order chi connectivity index (χ1) is 33.5. The fourth-order valence-corrected chi connectivity index (χ4v) is 11.0. The van der Waals surface area contributed by atoms with Gasteiger partial charge in [-0.25, -0.2) is 14.8 Å². The maximum absolute atomic E-state index is 13.7. The molecule has 9 rings (SSSR count). The number of aryl methyl sites for hydroxylation is 2. The van der Waals surface area contributed by atoms with Gasteiger partial charge in [-0.3, -0.25) is 19.4 Å². The lowest BCUT2D eigenvalue weighted by Gasteiger charge is -2.23. The molecule has 2 saturated heterocycles. The number of ketones is 1. The molecule has 0 radical (unpaired) electrons. The number of benzene rings is 3. The Morgan fingerprint density at radius 1 is 0.652 bits per heavy atom. The Morgan fingerprint density at radius 2 is 1.14 bits per heavy atom. The highest BCUT2D eigenvalue weighted by molar-refractivity contribution is 7.99. The highest BCUT2D eigenvalue weighted by Gasteiger charge is 2.22. The third kappa shape index (κ3) is 12.1. The van der Waals surface area contributed by atoms with Crippen LogP contribution in [0.2, 0.25) is 0 Å². The summed E-state index contributed by atoms with van der Waals surface area (Å²) in [5, 5.41) is 10.1. The second-order valence-electron chi connectivity index (χ2n) is 17.4. The molecule has 69 heavy (non-hydrogen) atoms. The molecule has 15 heteroatoms. The van der Waals surface area contributed by atoms with Gasteiger partial charge in [0.05, 0.1) is 44.1 Å². The van der Waals surface area contributed by atoms with Crippen LogP contribution in [-0.2, 0) is 19.5 Å². The minimum Gasteiger partial charge on any atom is -0.493 e. The van der Waals surface area contributed by atoms with Crippen molar-refractivity contribution in [2.45, 2.75) is 59.0 Å². The van der Waals surface area contributed by atoms with Crippen molar-refractivity contribution in [3.05, 3.63) is 159 Å². The predicted molar refractivity (Wildman–Crippen MR) is 274 cm³/mol. The molecule has 2 aliphatic rings. The highest BCUT2D eigenvalue weighted by Crippen LogP contribution is 2.37. The molecular formula is C54H55N5O8S2. The molecule has 0 aliphatic carbocycles. The van der Waals surface area contributed by atoms with E-state index in [-0.39, 0.29) is 28.8 Å². The molecule has 3 aromatic carbocycles. The number of hydrogen-bond acceptors (Lipinski definition) is 12. The average Bonchev–Trinajstić information content (AvgIpc) is 3.36. The maximum Gasteiger partial charge on any atom is 0.341 e. The number of carbonyl (C=O) groups is 2. The average molecular weight is 966 g/mol. The number of carboxylic acid groups (broad SMARTS) is 1. The van der Waals surface area contributed by atoms with Crippen LogP contribution in [-0.4, -0.2) is 78.2 Å². The largest absolute Gasteiger partial charge is 0.493 e. The Hall–Kier alpha value is -6.71. The number of Topliss-reactive ketones (excluding diaryl/α,β-unsaturated/α-hetero) is 1. The van der Waals surface area contributed by atoms with Gasteiger partial charge in [-0.05, 0) is 97.6 Å². The lowest BCUT2D eigenvalue weighted by atomic mass is 9.99.